The number of nitrogens with two attached hydrogens (primary N) is 1. The number of benzene rings is 3. The van der Waals surface area contributed by atoms with E-state index in [1.165, 1.54) is 5.56 Å². The topological polar surface area (TPSA) is 71.5 Å². The molecular formula is C24H23N3O3S. The van der Waals surface area contributed by atoms with Gasteiger partial charge in [0.1, 0.15) is 0 Å². The zero-order chi connectivity index (χ0) is 21.5. The van der Waals surface area contributed by atoms with E-state index in [9.17, 15) is 0 Å². The molecule has 0 fully saturated rings. The predicted molar refractivity (Wildman–Crippen MR) is 121 cm³/mol. The molecule has 0 aliphatic carbocycles. The number of aryl methyl sites for hydroxylation is 1. The summed E-state index contributed by atoms with van der Waals surface area (Å²) >= 11 is 1.04. The van der Waals surface area contributed by atoms with E-state index in [1.807, 2.05) is 47.1 Å². The number of ether oxygens (including phenoxy) is 1. The Morgan fingerprint density at radius 2 is 1.65 bits per heavy atom. The molecule has 0 bridgehead atoms. The highest BCUT2D eigenvalue weighted by Gasteiger charge is 2.12. The van der Waals surface area contributed by atoms with Crippen LogP contribution in [-0.4, -0.2) is 9.78 Å². The largest absolute Gasteiger partial charge is 0.370 e. The van der Waals surface area contributed by atoms with Crippen molar-refractivity contribution >= 4 is 12.0 Å². The molecular weight excluding hydrogens is 410 g/mol. The van der Waals surface area contributed by atoms with Crippen molar-refractivity contribution in [1.82, 2.24) is 9.78 Å². The molecule has 0 unspecified atom stereocenters. The SMILES string of the molecule is Cc1ccc(-c2cc(COCc3ccccc3)nn2-c2ccc(SOON)cc2)cc1. The quantitative estimate of drug-likeness (QED) is 0.217. The molecule has 158 valence electrons. The zero-order valence-corrected chi connectivity index (χ0v) is 17.9. The Morgan fingerprint density at radius 1 is 0.903 bits per heavy atom. The summed E-state index contributed by atoms with van der Waals surface area (Å²) in [5.41, 5.74) is 6.24. The summed E-state index contributed by atoms with van der Waals surface area (Å²) in [6.45, 7) is 3.05. The minimum atomic E-state index is 0.427. The molecule has 1 heterocycles. The van der Waals surface area contributed by atoms with E-state index in [0.29, 0.717) is 13.2 Å². The van der Waals surface area contributed by atoms with Crippen molar-refractivity contribution in [3.8, 4) is 16.9 Å². The highest BCUT2D eigenvalue weighted by molar-refractivity contribution is 7.94. The van der Waals surface area contributed by atoms with Crippen molar-refractivity contribution in [3.63, 3.8) is 0 Å². The van der Waals surface area contributed by atoms with Crippen molar-refractivity contribution in [2.24, 2.45) is 5.90 Å². The lowest BCUT2D eigenvalue weighted by atomic mass is 10.1. The Balaban J connectivity index is 1.58. The maximum Gasteiger partial charge on any atom is 0.0911 e. The summed E-state index contributed by atoms with van der Waals surface area (Å²) in [5, 5.41) is 4.81. The average molecular weight is 434 g/mol. The highest BCUT2D eigenvalue weighted by Crippen LogP contribution is 2.27. The first-order valence-electron chi connectivity index (χ1n) is 9.81. The molecule has 0 aliphatic rings. The van der Waals surface area contributed by atoms with Gasteiger partial charge >= 0.3 is 0 Å². The molecule has 0 spiro atoms. The number of hydrogen-bond acceptors (Lipinski definition) is 6. The Hall–Kier alpha value is -2.94. The van der Waals surface area contributed by atoms with Crippen LogP contribution in [0.25, 0.3) is 16.9 Å². The van der Waals surface area contributed by atoms with Crippen LogP contribution in [0, 0.1) is 6.92 Å². The van der Waals surface area contributed by atoms with Crippen molar-refractivity contribution in [2.45, 2.75) is 25.0 Å². The average Bonchev–Trinajstić information content (AvgIpc) is 3.23. The van der Waals surface area contributed by atoms with Gasteiger partial charge in [-0.15, -0.1) is 9.32 Å². The van der Waals surface area contributed by atoms with Crippen LogP contribution in [0.1, 0.15) is 16.8 Å². The smallest absolute Gasteiger partial charge is 0.0911 e. The van der Waals surface area contributed by atoms with E-state index in [2.05, 4.69) is 54.4 Å². The third kappa shape index (κ3) is 5.61. The maximum atomic E-state index is 5.91. The molecule has 0 aliphatic heterocycles. The summed E-state index contributed by atoms with van der Waals surface area (Å²) < 4.78 is 12.5. The number of rotatable bonds is 9. The van der Waals surface area contributed by atoms with Gasteiger partial charge in [0.05, 0.1) is 42.3 Å². The van der Waals surface area contributed by atoms with Gasteiger partial charge in [-0.1, -0.05) is 60.2 Å². The van der Waals surface area contributed by atoms with Gasteiger partial charge in [0.2, 0.25) is 0 Å². The minimum Gasteiger partial charge on any atom is -0.370 e. The molecule has 31 heavy (non-hydrogen) atoms. The third-order valence-corrected chi connectivity index (χ3v) is 5.33. The van der Waals surface area contributed by atoms with Crippen LogP contribution >= 0.6 is 12.0 Å². The number of hydrogen-bond donors (Lipinski definition) is 1. The standard InChI is InChI=1S/C24H23N3O3S/c1-18-7-9-20(10-8-18)24-15-21(17-28-16-19-5-3-2-4-6-19)26-27(24)22-11-13-23(14-12-22)31-30-29-25/h2-15H,16-17,25H2,1H3. The molecule has 0 amide bonds. The molecule has 4 aromatic rings. The molecule has 0 radical (unpaired) electrons. The van der Waals surface area contributed by atoms with E-state index < -0.39 is 0 Å². The third-order valence-electron chi connectivity index (χ3n) is 4.72. The molecule has 0 atom stereocenters. The van der Waals surface area contributed by atoms with Gasteiger partial charge in [0, 0.05) is 10.5 Å². The molecule has 1 aromatic heterocycles. The second-order valence-electron chi connectivity index (χ2n) is 7.02. The summed E-state index contributed by atoms with van der Waals surface area (Å²) in [5.74, 6) is 4.90. The fraction of sp³-hybridized carbons (Fsp3) is 0.125. The molecule has 3 aromatic carbocycles. The highest BCUT2D eigenvalue weighted by atomic mass is 32.2. The first-order valence-corrected chi connectivity index (χ1v) is 10.6. The summed E-state index contributed by atoms with van der Waals surface area (Å²) in [7, 11) is 0. The van der Waals surface area contributed by atoms with Gasteiger partial charge in [0.15, 0.2) is 0 Å². The molecule has 2 N–H and O–H groups in total. The van der Waals surface area contributed by atoms with E-state index in [0.717, 1.165) is 45.1 Å². The maximum absolute atomic E-state index is 5.91. The van der Waals surface area contributed by atoms with Crippen LogP contribution in [-0.2, 0) is 27.3 Å². The van der Waals surface area contributed by atoms with E-state index in [4.69, 9.17) is 20.1 Å². The van der Waals surface area contributed by atoms with Crippen molar-refractivity contribution in [3.05, 3.63) is 102 Å². The van der Waals surface area contributed by atoms with E-state index in [-0.39, 0.29) is 0 Å². The Kier molecular flexibility index (Phi) is 7.14. The lowest BCUT2D eigenvalue weighted by Gasteiger charge is -2.09. The van der Waals surface area contributed by atoms with Gasteiger partial charge < -0.3 is 4.74 Å². The summed E-state index contributed by atoms with van der Waals surface area (Å²) in [6, 6.07) is 28.4. The van der Waals surface area contributed by atoms with Crippen LogP contribution in [0.15, 0.2) is 89.8 Å². The van der Waals surface area contributed by atoms with Crippen LogP contribution in [0.4, 0.5) is 0 Å². The van der Waals surface area contributed by atoms with Crippen LogP contribution < -0.4 is 5.90 Å². The van der Waals surface area contributed by atoms with E-state index in [1.54, 1.807) is 0 Å². The summed E-state index contributed by atoms with van der Waals surface area (Å²) in [4.78, 5) is 5.02. The molecule has 6 nitrogen and oxygen atoms in total. The minimum absolute atomic E-state index is 0.427. The monoisotopic (exact) mass is 433 g/mol. The Morgan fingerprint density at radius 3 is 2.35 bits per heavy atom. The number of nitrogens with zero attached hydrogens (tertiary/aromatic N) is 2. The van der Waals surface area contributed by atoms with Crippen molar-refractivity contribution in [1.29, 1.82) is 0 Å². The Bertz CT molecular complexity index is 1100. The van der Waals surface area contributed by atoms with Crippen molar-refractivity contribution in [2.75, 3.05) is 0 Å². The van der Waals surface area contributed by atoms with Gasteiger partial charge in [-0.2, -0.15) is 11.0 Å². The first-order chi connectivity index (χ1) is 15.2. The van der Waals surface area contributed by atoms with Crippen LogP contribution in [0.3, 0.4) is 0 Å². The van der Waals surface area contributed by atoms with Crippen molar-refractivity contribution < 1.29 is 14.1 Å². The van der Waals surface area contributed by atoms with E-state index >= 15 is 0 Å². The fourth-order valence-electron chi connectivity index (χ4n) is 3.18. The second kappa shape index (κ2) is 10.4. The first kappa shape index (κ1) is 21.3. The normalized spacial score (nSPS) is 11.0. The second-order valence-corrected chi connectivity index (χ2v) is 7.79. The number of aromatic nitrogens is 2. The lowest BCUT2D eigenvalue weighted by molar-refractivity contribution is -0.195. The fourth-order valence-corrected chi connectivity index (χ4v) is 3.54. The molecule has 7 heteroatoms. The van der Waals surface area contributed by atoms with Crippen LogP contribution in [0.2, 0.25) is 0 Å². The summed E-state index contributed by atoms with van der Waals surface area (Å²) in [6.07, 6.45) is 0. The lowest BCUT2D eigenvalue weighted by Crippen LogP contribution is -2.01. The zero-order valence-electron chi connectivity index (χ0n) is 17.1. The molecule has 0 saturated heterocycles. The Labute approximate surface area is 185 Å². The molecule has 4 rings (SSSR count). The van der Waals surface area contributed by atoms with Gasteiger partial charge in [-0.25, -0.2) is 4.68 Å². The van der Waals surface area contributed by atoms with Gasteiger partial charge in [-0.05, 0) is 42.8 Å². The van der Waals surface area contributed by atoms with Gasteiger partial charge in [0.25, 0.3) is 0 Å². The van der Waals surface area contributed by atoms with Gasteiger partial charge in [-0.3, -0.25) is 0 Å². The predicted octanol–water partition coefficient (Wildman–Crippen LogP) is 5.39. The van der Waals surface area contributed by atoms with Crippen LogP contribution in [0.5, 0.6) is 0 Å². The molecule has 0 saturated carbocycles.